The van der Waals surface area contributed by atoms with Crippen LogP contribution in [0.15, 0.2) is 18.2 Å². The Morgan fingerprint density at radius 2 is 1.94 bits per heavy atom. The molecule has 1 aromatic rings. The van der Waals surface area contributed by atoms with Crippen molar-refractivity contribution in [3.8, 4) is 0 Å². The lowest BCUT2D eigenvalue weighted by Crippen LogP contribution is -1.90. The van der Waals surface area contributed by atoms with Gasteiger partial charge in [-0.3, -0.25) is 4.98 Å². The number of Topliss-reactive ketones (excluding diaryl/α,β-unsaturated/α-hetero) is 1. The summed E-state index contributed by atoms with van der Waals surface area (Å²) >= 11 is 0. The van der Waals surface area contributed by atoms with Crippen LogP contribution in [0.2, 0.25) is 0 Å². The highest BCUT2D eigenvalue weighted by Crippen LogP contribution is 2.02. The fraction of sp³-hybridized carbons (Fsp3) is 0.571. The Labute approximate surface area is 99.1 Å². The minimum atomic E-state index is 0.255. The van der Waals surface area contributed by atoms with Gasteiger partial charge in [0.05, 0.1) is 0 Å². The van der Waals surface area contributed by atoms with E-state index in [0.29, 0.717) is 6.42 Å². The summed E-state index contributed by atoms with van der Waals surface area (Å²) < 4.78 is 0. The number of aromatic nitrogens is 1. The highest BCUT2D eigenvalue weighted by atomic mass is 16.1. The second-order valence-corrected chi connectivity index (χ2v) is 3.93. The first kappa shape index (κ1) is 14.8. The third kappa shape index (κ3) is 8.16. The van der Waals surface area contributed by atoms with Crippen molar-refractivity contribution in [2.45, 2.75) is 53.4 Å². The van der Waals surface area contributed by atoms with Crippen molar-refractivity contribution in [2.24, 2.45) is 0 Å². The number of hydrogen-bond acceptors (Lipinski definition) is 2. The van der Waals surface area contributed by atoms with Crippen molar-refractivity contribution in [3.05, 3.63) is 29.6 Å². The molecule has 0 radical (unpaired) electrons. The largest absolute Gasteiger partial charge is 0.300 e. The van der Waals surface area contributed by atoms with Crippen LogP contribution in [0.1, 0.15) is 51.4 Å². The number of carbonyl (C=O) groups is 1. The maximum absolute atomic E-state index is 9.81. The van der Waals surface area contributed by atoms with Crippen LogP contribution >= 0.6 is 0 Å². The van der Waals surface area contributed by atoms with Gasteiger partial charge < -0.3 is 4.79 Å². The minimum Gasteiger partial charge on any atom is -0.300 e. The lowest BCUT2D eigenvalue weighted by atomic mass is 10.2. The van der Waals surface area contributed by atoms with E-state index >= 15 is 0 Å². The van der Waals surface area contributed by atoms with Crippen molar-refractivity contribution in [1.29, 1.82) is 0 Å². The predicted octanol–water partition coefficient (Wildman–Crippen LogP) is 3.72. The van der Waals surface area contributed by atoms with Gasteiger partial charge in [-0.05, 0) is 38.8 Å². The van der Waals surface area contributed by atoms with E-state index in [1.54, 1.807) is 6.92 Å². The van der Waals surface area contributed by atoms with Gasteiger partial charge in [-0.2, -0.15) is 0 Å². The number of aryl methyl sites for hydroxylation is 2. The second kappa shape index (κ2) is 9.08. The third-order valence-electron chi connectivity index (χ3n) is 2.23. The molecule has 1 rings (SSSR count). The van der Waals surface area contributed by atoms with Crippen LogP contribution in [0, 0.1) is 6.92 Å². The van der Waals surface area contributed by atoms with Gasteiger partial charge in [-0.25, -0.2) is 0 Å². The van der Waals surface area contributed by atoms with Gasteiger partial charge in [-0.15, -0.1) is 0 Å². The molecule has 0 aromatic carbocycles. The molecule has 0 aliphatic heterocycles. The molecule has 0 amide bonds. The van der Waals surface area contributed by atoms with Gasteiger partial charge in [0.15, 0.2) is 0 Å². The standard InChI is InChI=1S/C10H15N.C4H8O/c1-3-4-7-10-8-5-6-9(2)11-10;1-3-4(2)5/h5-6,8H,3-4,7H2,1-2H3;3H2,1-2H3. The van der Waals surface area contributed by atoms with Gasteiger partial charge in [-0.1, -0.05) is 26.3 Å². The SMILES string of the molecule is CCC(C)=O.CCCCc1cccc(C)n1. The van der Waals surface area contributed by atoms with Crippen molar-refractivity contribution in [1.82, 2.24) is 4.98 Å². The Morgan fingerprint density at radius 3 is 2.38 bits per heavy atom. The second-order valence-electron chi connectivity index (χ2n) is 3.93. The van der Waals surface area contributed by atoms with Crippen LogP contribution in [0.25, 0.3) is 0 Å². The van der Waals surface area contributed by atoms with E-state index in [-0.39, 0.29) is 5.78 Å². The molecule has 16 heavy (non-hydrogen) atoms. The van der Waals surface area contributed by atoms with E-state index in [9.17, 15) is 4.79 Å². The molecule has 0 saturated heterocycles. The summed E-state index contributed by atoms with van der Waals surface area (Å²) in [6.45, 7) is 7.67. The molecule has 0 unspecified atom stereocenters. The van der Waals surface area contributed by atoms with E-state index in [1.807, 2.05) is 19.9 Å². The zero-order valence-electron chi connectivity index (χ0n) is 10.9. The number of ketones is 1. The maximum atomic E-state index is 9.81. The normalized spacial score (nSPS) is 9.25. The summed E-state index contributed by atoms with van der Waals surface area (Å²) in [6, 6.07) is 6.21. The third-order valence-corrected chi connectivity index (χ3v) is 2.23. The van der Waals surface area contributed by atoms with Gasteiger partial charge in [0.1, 0.15) is 5.78 Å². The van der Waals surface area contributed by atoms with Crippen LogP contribution in [-0.2, 0) is 11.2 Å². The minimum absolute atomic E-state index is 0.255. The van der Waals surface area contributed by atoms with Gasteiger partial charge in [0.2, 0.25) is 0 Å². The number of hydrogen-bond donors (Lipinski definition) is 0. The Balaban J connectivity index is 0.000000385. The van der Waals surface area contributed by atoms with Crippen molar-refractivity contribution < 1.29 is 4.79 Å². The van der Waals surface area contributed by atoms with E-state index in [0.717, 1.165) is 12.1 Å². The number of carbonyl (C=O) groups excluding carboxylic acids is 1. The van der Waals surface area contributed by atoms with Crippen LogP contribution in [0.3, 0.4) is 0 Å². The summed E-state index contributed by atoms with van der Waals surface area (Å²) in [5.41, 5.74) is 2.35. The molecule has 0 fully saturated rings. The van der Waals surface area contributed by atoms with Gasteiger partial charge in [0.25, 0.3) is 0 Å². The molecular formula is C14H23NO. The molecule has 1 aromatic heterocycles. The van der Waals surface area contributed by atoms with Gasteiger partial charge >= 0.3 is 0 Å². The highest BCUT2D eigenvalue weighted by molar-refractivity contribution is 5.74. The Bertz CT molecular complexity index is 307. The molecule has 2 nitrogen and oxygen atoms in total. The summed E-state index contributed by atoms with van der Waals surface area (Å²) in [5, 5.41) is 0. The molecule has 1 heterocycles. The molecule has 0 bridgehead atoms. The average Bonchev–Trinajstić information content (AvgIpc) is 2.27. The fourth-order valence-electron chi connectivity index (χ4n) is 1.10. The topological polar surface area (TPSA) is 30.0 Å². The smallest absolute Gasteiger partial charge is 0.129 e. The van der Waals surface area contributed by atoms with Crippen LogP contribution in [0.4, 0.5) is 0 Å². The predicted molar refractivity (Wildman–Crippen MR) is 68.6 cm³/mol. The number of rotatable bonds is 4. The Hall–Kier alpha value is -1.18. The summed E-state index contributed by atoms with van der Waals surface area (Å²) in [5.74, 6) is 0.255. The molecule has 2 heteroatoms. The summed E-state index contributed by atoms with van der Waals surface area (Å²) in [7, 11) is 0. The number of pyridine rings is 1. The molecular weight excluding hydrogens is 198 g/mol. The monoisotopic (exact) mass is 221 g/mol. The lowest BCUT2D eigenvalue weighted by molar-refractivity contribution is -0.116. The molecule has 90 valence electrons. The van der Waals surface area contributed by atoms with E-state index in [4.69, 9.17) is 0 Å². The molecule has 0 aliphatic rings. The van der Waals surface area contributed by atoms with Crippen molar-refractivity contribution in [2.75, 3.05) is 0 Å². The van der Waals surface area contributed by atoms with Crippen molar-refractivity contribution >= 4 is 5.78 Å². The Kier molecular flexibility index (Phi) is 8.41. The zero-order valence-corrected chi connectivity index (χ0v) is 10.9. The lowest BCUT2D eigenvalue weighted by Gasteiger charge is -1.98. The van der Waals surface area contributed by atoms with Crippen LogP contribution < -0.4 is 0 Å². The molecule has 0 saturated carbocycles. The van der Waals surface area contributed by atoms with Crippen LogP contribution in [-0.4, -0.2) is 10.8 Å². The summed E-state index contributed by atoms with van der Waals surface area (Å²) in [6.07, 6.45) is 4.28. The van der Waals surface area contributed by atoms with Crippen molar-refractivity contribution in [3.63, 3.8) is 0 Å². The van der Waals surface area contributed by atoms with Gasteiger partial charge in [0, 0.05) is 17.8 Å². The number of unbranched alkanes of at least 4 members (excludes halogenated alkanes) is 1. The first-order valence-electron chi connectivity index (χ1n) is 6.02. The zero-order chi connectivity index (χ0) is 12.4. The maximum Gasteiger partial charge on any atom is 0.129 e. The van der Waals surface area contributed by atoms with E-state index in [1.165, 1.54) is 18.5 Å². The summed E-state index contributed by atoms with van der Waals surface area (Å²) in [4.78, 5) is 14.2. The Morgan fingerprint density at radius 1 is 1.31 bits per heavy atom. The van der Waals surface area contributed by atoms with Crippen LogP contribution in [0.5, 0.6) is 0 Å². The molecule has 0 atom stereocenters. The highest BCUT2D eigenvalue weighted by Gasteiger charge is 1.92. The first-order chi connectivity index (χ1) is 7.60. The molecule has 0 N–H and O–H groups in total. The van der Waals surface area contributed by atoms with E-state index in [2.05, 4.69) is 24.0 Å². The first-order valence-corrected chi connectivity index (χ1v) is 6.02. The number of nitrogens with zero attached hydrogens (tertiary/aromatic N) is 1. The fourth-order valence-corrected chi connectivity index (χ4v) is 1.10. The quantitative estimate of drug-likeness (QED) is 0.775. The average molecular weight is 221 g/mol. The molecule has 0 aliphatic carbocycles. The van der Waals surface area contributed by atoms with E-state index < -0.39 is 0 Å². The molecule has 0 spiro atoms.